The minimum absolute atomic E-state index is 0.631. The van der Waals surface area contributed by atoms with Crippen molar-refractivity contribution in [2.45, 2.75) is 10.9 Å². The molecular formula is C12H16N2Se. The first-order valence-corrected chi connectivity index (χ1v) is 7.40. The third kappa shape index (κ3) is 1.55. The van der Waals surface area contributed by atoms with Crippen LogP contribution in [0.3, 0.4) is 0 Å². The summed E-state index contributed by atoms with van der Waals surface area (Å²) in [5.41, 5.74) is 5.78. The van der Waals surface area contributed by atoms with Crippen LogP contribution in [0, 0.1) is 11.8 Å². The van der Waals surface area contributed by atoms with Crippen molar-refractivity contribution in [3.8, 4) is 0 Å². The quantitative estimate of drug-likeness (QED) is 0.755. The number of rotatable bonds is 3. The van der Waals surface area contributed by atoms with E-state index in [2.05, 4.69) is 35.6 Å². The van der Waals surface area contributed by atoms with E-state index >= 15 is 0 Å². The molecule has 3 aliphatic rings. The van der Waals surface area contributed by atoms with Gasteiger partial charge < -0.3 is 0 Å². The van der Waals surface area contributed by atoms with Crippen molar-refractivity contribution in [1.29, 1.82) is 0 Å². The Balaban J connectivity index is 1.68. The fourth-order valence-electron chi connectivity index (χ4n) is 2.82. The Labute approximate surface area is 96.8 Å². The Hall–Kier alpha value is -0.341. The van der Waals surface area contributed by atoms with Gasteiger partial charge in [0, 0.05) is 0 Å². The van der Waals surface area contributed by atoms with Crippen LogP contribution in [0.15, 0.2) is 30.3 Å². The Morgan fingerprint density at radius 1 is 1.33 bits per heavy atom. The van der Waals surface area contributed by atoms with Crippen LogP contribution >= 0.6 is 0 Å². The van der Waals surface area contributed by atoms with Crippen LogP contribution in [0.5, 0.6) is 0 Å². The topological polar surface area (TPSA) is 38.0 Å². The summed E-state index contributed by atoms with van der Waals surface area (Å²) >= 11 is 0.631. The molecular weight excluding hydrogens is 251 g/mol. The van der Waals surface area contributed by atoms with Gasteiger partial charge in [-0.3, -0.25) is 0 Å². The molecule has 80 valence electrons. The zero-order valence-corrected chi connectivity index (χ0v) is 10.3. The maximum atomic E-state index is 5.78. The number of hydrogen-bond acceptors (Lipinski definition) is 2. The van der Waals surface area contributed by atoms with Gasteiger partial charge in [0.25, 0.3) is 0 Å². The molecule has 1 aliphatic carbocycles. The SMILES string of the molecule is NC[C@H]1[C@H]2CN[C@@H]1[C@@H]2[Se]c1ccccc1. The molecule has 1 aromatic carbocycles. The van der Waals surface area contributed by atoms with Crippen molar-refractivity contribution in [3.05, 3.63) is 30.3 Å². The second-order valence-electron chi connectivity index (χ2n) is 4.39. The van der Waals surface area contributed by atoms with E-state index in [-0.39, 0.29) is 0 Å². The van der Waals surface area contributed by atoms with E-state index in [0.29, 0.717) is 15.0 Å². The van der Waals surface area contributed by atoms with E-state index in [9.17, 15) is 0 Å². The predicted octanol–water partition coefficient (Wildman–Crippen LogP) is -0.0189. The zero-order valence-electron chi connectivity index (χ0n) is 8.60. The second-order valence-corrected chi connectivity index (χ2v) is 7.02. The Kier molecular flexibility index (Phi) is 2.57. The summed E-state index contributed by atoms with van der Waals surface area (Å²) in [5, 5.41) is 3.60. The van der Waals surface area contributed by atoms with Crippen LogP contribution in [-0.4, -0.2) is 34.1 Å². The molecule has 15 heavy (non-hydrogen) atoms. The monoisotopic (exact) mass is 268 g/mol. The number of nitrogens with one attached hydrogen (secondary N) is 1. The van der Waals surface area contributed by atoms with Crippen molar-refractivity contribution >= 4 is 19.4 Å². The summed E-state index contributed by atoms with van der Waals surface area (Å²) in [6.45, 7) is 2.06. The number of fused-ring (bicyclic) bond motifs is 1. The summed E-state index contributed by atoms with van der Waals surface area (Å²) in [5.74, 6) is 1.63. The van der Waals surface area contributed by atoms with E-state index in [0.717, 1.165) is 29.2 Å². The van der Waals surface area contributed by atoms with Gasteiger partial charge in [0.05, 0.1) is 0 Å². The van der Waals surface area contributed by atoms with E-state index in [1.165, 1.54) is 11.0 Å². The standard InChI is InChI=1S/C12H16N2Se/c13-6-9-10-7-14-11(9)12(10)15-8-4-2-1-3-5-8/h1-5,9-12,14H,6-7,13H2/t9-,10+,11-,12+/m0/s1. The summed E-state index contributed by atoms with van der Waals surface area (Å²) in [4.78, 5) is 0.897. The molecule has 0 aromatic heterocycles. The zero-order chi connectivity index (χ0) is 10.3. The Morgan fingerprint density at radius 3 is 2.73 bits per heavy atom. The van der Waals surface area contributed by atoms with Crippen LogP contribution in [-0.2, 0) is 0 Å². The van der Waals surface area contributed by atoms with Gasteiger partial charge in [-0.2, -0.15) is 0 Å². The third-order valence-corrected chi connectivity index (χ3v) is 6.73. The second kappa shape index (κ2) is 3.91. The van der Waals surface area contributed by atoms with Crippen LogP contribution in [0.2, 0.25) is 4.82 Å². The molecule has 3 heteroatoms. The summed E-state index contributed by atoms with van der Waals surface area (Å²) < 4.78 is 1.53. The molecule has 2 heterocycles. The molecule has 2 saturated heterocycles. The first-order valence-electron chi connectivity index (χ1n) is 5.55. The summed E-state index contributed by atoms with van der Waals surface area (Å²) in [6, 6.07) is 11.6. The van der Waals surface area contributed by atoms with Crippen molar-refractivity contribution in [1.82, 2.24) is 5.32 Å². The van der Waals surface area contributed by atoms with Gasteiger partial charge in [0.2, 0.25) is 0 Å². The van der Waals surface area contributed by atoms with E-state index < -0.39 is 0 Å². The number of hydrogen-bond donors (Lipinski definition) is 2. The van der Waals surface area contributed by atoms with Gasteiger partial charge in [0.1, 0.15) is 0 Å². The van der Waals surface area contributed by atoms with Crippen molar-refractivity contribution in [3.63, 3.8) is 0 Å². The van der Waals surface area contributed by atoms with Crippen LogP contribution in [0.1, 0.15) is 0 Å². The molecule has 2 nitrogen and oxygen atoms in total. The Bertz CT molecular complexity index is 329. The normalized spacial score (nSPS) is 37.7. The summed E-state index contributed by atoms with van der Waals surface area (Å²) in [6.07, 6.45) is 0. The van der Waals surface area contributed by atoms with Gasteiger partial charge in [0.15, 0.2) is 0 Å². The van der Waals surface area contributed by atoms with Gasteiger partial charge in [-0.05, 0) is 0 Å². The molecule has 3 N–H and O–H groups in total. The van der Waals surface area contributed by atoms with Crippen LogP contribution in [0.25, 0.3) is 0 Å². The van der Waals surface area contributed by atoms with E-state index in [1.807, 2.05) is 0 Å². The van der Waals surface area contributed by atoms with Crippen molar-refractivity contribution in [2.24, 2.45) is 17.6 Å². The van der Waals surface area contributed by atoms with Gasteiger partial charge in [-0.15, -0.1) is 0 Å². The van der Waals surface area contributed by atoms with Gasteiger partial charge in [-0.1, -0.05) is 0 Å². The number of benzene rings is 1. The molecule has 1 aromatic rings. The van der Waals surface area contributed by atoms with Gasteiger partial charge in [-0.25, -0.2) is 0 Å². The summed E-state index contributed by atoms with van der Waals surface area (Å²) in [7, 11) is 0. The average molecular weight is 267 g/mol. The number of nitrogens with two attached hydrogens (primary N) is 1. The fourth-order valence-corrected chi connectivity index (χ4v) is 6.06. The van der Waals surface area contributed by atoms with Crippen molar-refractivity contribution in [2.75, 3.05) is 13.1 Å². The molecule has 4 rings (SSSR count). The van der Waals surface area contributed by atoms with Crippen molar-refractivity contribution < 1.29 is 0 Å². The first kappa shape index (κ1) is 9.86. The maximum absolute atomic E-state index is 5.78. The van der Waals surface area contributed by atoms with Crippen LogP contribution in [0.4, 0.5) is 0 Å². The third-order valence-electron chi connectivity index (χ3n) is 3.66. The minimum atomic E-state index is 0.631. The first-order chi connectivity index (χ1) is 7.40. The average Bonchev–Trinajstić information content (AvgIpc) is 2.87. The molecule has 4 atom stereocenters. The molecule has 0 amide bonds. The Morgan fingerprint density at radius 2 is 2.13 bits per heavy atom. The molecule has 0 radical (unpaired) electrons. The molecule has 1 saturated carbocycles. The molecule has 2 bridgehead atoms. The predicted molar refractivity (Wildman–Crippen MR) is 63.4 cm³/mol. The molecule has 3 fully saturated rings. The van der Waals surface area contributed by atoms with E-state index in [1.54, 1.807) is 0 Å². The molecule has 2 aliphatic heterocycles. The van der Waals surface area contributed by atoms with E-state index in [4.69, 9.17) is 5.73 Å². The van der Waals surface area contributed by atoms with Crippen LogP contribution < -0.4 is 15.5 Å². The van der Waals surface area contributed by atoms with Gasteiger partial charge >= 0.3 is 96.6 Å². The molecule has 0 spiro atoms. The fraction of sp³-hybridized carbons (Fsp3) is 0.500. The molecule has 0 unspecified atom stereocenters.